The number of carbonyl (C=O) groups excluding carboxylic acids is 1. The first-order valence-electron chi connectivity index (χ1n) is 8.11. The number of fused-ring (bicyclic) bond motifs is 1. The van der Waals surface area contributed by atoms with Crippen LogP contribution in [0.1, 0.15) is 27.4 Å². The molecule has 4 rings (SSSR count). The van der Waals surface area contributed by atoms with E-state index in [1.54, 1.807) is 30.3 Å². The van der Waals surface area contributed by atoms with Crippen LogP contribution in [0, 0.1) is 6.92 Å². The molecule has 5 heteroatoms. The number of ether oxygens (including phenoxy) is 2. The van der Waals surface area contributed by atoms with Gasteiger partial charge in [-0.3, -0.25) is 4.79 Å². The first-order chi connectivity index (χ1) is 12.6. The molecule has 0 aliphatic carbocycles. The lowest BCUT2D eigenvalue weighted by atomic mass is 10.1. The summed E-state index contributed by atoms with van der Waals surface area (Å²) in [6.45, 7) is 2.18. The summed E-state index contributed by atoms with van der Waals surface area (Å²) in [6.07, 6.45) is 1.60. The first-order valence-corrected chi connectivity index (χ1v) is 8.49. The van der Waals surface area contributed by atoms with Crippen molar-refractivity contribution in [3.05, 3.63) is 88.0 Å². The Balaban J connectivity index is 1.52. The van der Waals surface area contributed by atoms with E-state index in [1.807, 2.05) is 37.3 Å². The Kier molecular flexibility index (Phi) is 4.27. The Bertz CT molecular complexity index is 1020. The van der Waals surface area contributed by atoms with Crippen molar-refractivity contribution >= 4 is 23.5 Å². The Hall–Kier alpha value is -2.98. The maximum Gasteiger partial charge on any atom is 0.232 e. The second-order valence-electron chi connectivity index (χ2n) is 5.93. The van der Waals surface area contributed by atoms with Crippen LogP contribution >= 0.6 is 11.6 Å². The Morgan fingerprint density at radius 1 is 1.12 bits per heavy atom. The number of rotatable bonds is 4. The highest BCUT2D eigenvalue weighted by atomic mass is 35.5. The van der Waals surface area contributed by atoms with Gasteiger partial charge < -0.3 is 13.9 Å². The van der Waals surface area contributed by atoms with Crippen LogP contribution in [0.25, 0.3) is 6.08 Å². The topological polar surface area (TPSA) is 48.7 Å². The van der Waals surface area contributed by atoms with Crippen LogP contribution < -0.4 is 9.47 Å². The molecular weight excluding hydrogens is 352 g/mol. The zero-order valence-electron chi connectivity index (χ0n) is 14.0. The normalized spacial score (nSPS) is 14.4. The van der Waals surface area contributed by atoms with Gasteiger partial charge in [-0.15, -0.1) is 0 Å². The quantitative estimate of drug-likeness (QED) is 0.577. The highest BCUT2D eigenvalue weighted by Crippen LogP contribution is 2.35. The molecule has 0 atom stereocenters. The molecule has 1 aliphatic heterocycles. The minimum absolute atomic E-state index is 0.174. The average Bonchev–Trinajstić information content (AvgIpc) is 3.18. The fourth-order valence-electron chi connectivity index (χ4n) is 2.69. The number of benzene rings is 2. The van der Waals surface area contributed by atoms with Crippen LogP contribution in [-0.4, -0.2) is 5.78 Å². The molecule has 0 radical (unpaired) electrons. The fourth-order valence-corrected chi connectivity index (χ4v) is 2.88. The molecule has 0 bridgehead atoms. The van der Waals surface area contributed by atoms with E-state index in [0.29, 0.717) is 34.5 Å². The van der Waals surface area contributed by atoms with Crippen molar-refractivity contribution < 1.29 is 18.7 Å². The largest absolute Gasteiger partial charge is 0.489 e. The van der Waals surface area contributed by atoms with E-state index in [0.717, 1.165) is 11.3 Å². The summed E-state index contributed by atoms with van der Waals surface area (Å²) in [7, 11) is 0. The van der Waals surface area contributed by atoms with Crippen molar-refractivity contribution in [2.75, 3.05) is 0 Å². The highest BCUT2D eigenvalue weighted by Gasteiger charge is 2.28. The van der Waals surface area contributed by atoms with Gasteiger partial charge in [0.1, 0.15) is 29.6 Å². The summed E-state index contributed by atoms with van der Waals surface area (Å²) in [5, 5.41) is 0.652. The van der Waals surface area contributed by atoms with Crippen LogP contribution in [0.2, 0.25) is 5.02 Å². The smallest absolute Gasteiger partial charge is 0.232 e. The van der Waals surface area contributed by atoms with Gasteiger partial charge in [0, 0.05) is 22.7 Å². The number of aryl methyl sites for hydroxylation is 1. The van der Waals surface area contributed by atoms with E-state index in [9.17, 15) is 4.79 Å². The first kappa shape index (κ1) is 16.5. The van der Waals surface area contributed by atoms with E-state index in [2.05, 4.69) is 0 Å². The number of hydrogen-bond acceptors (Lipinski definition) is 4. The van der Waals surface area contributed by atoms with Crippen LogP contribution in [0.5, 0.6) is 11.5 Å². The molecule has 1 aromatic heterocycles. The summed E-state index contributed by atoms with van der Waals surface area (Å²) in [6, 6.07) is 16.3. The van der Waals surface area contributed by atoms with Gasteiger partial charge in [0.25, 0.3) is 0 Å². The third-order valence-electron chi connectivity index (χ3n) is 4.03. The maximum atomic E-state index is 12.4. The van der Waals surface area contributed by atoms with E-state index in [4.69, 9.17) is 25.5 Å². The van der Waals surface area contributed by atoms with Gasteiger partial charge in [-0.2, -0.15) is 0 Å². The van der Waals surface area contributed by atoms with Gasteiger partial charge in [-0.25, -0.2) is 0 Å². The molecule has 0 saturated heterocycles. The van der Waals surface area contributed by atoms with Gasteiger partial charge in [0.2, 0.25) is 5.78 Å². The second-order valence-corrected chi connectivity index (χ2v) is 6.33. The SMILES string of the molecule is Cc1ccc(/C=C2\Oc3cc(OCc4ccccc4Cl)ccc3C2=O)o1. The molecule has 0 spiro atoms. The lowest BCUT2D eigenvalue weighted by molar-refractivity contribution is 0.101. The number of halogens is 1. The Labute approximate surface area is 155 Å². The van der Waals surface area contributed by atoms with Crippen LogP contribution in [-0.2, 0) is 6.61 Å². The third-order valence-corrected chi connectivity index (χ3v) is 4.40. The molecule has 0 unspecified atom stereocenters. The molecule has 0 N–H and O–H groups in total. The molecule has 0 amide bonds. The number of ketones is 1. The lowest BCUT2D eigenvalue weighted by Crippen LogP contribution is -1.97. The van der Waals surface area contributed by atoms with Crippen molar-refractivity contribution in [2.45, 2.75) is 13.5 Å². The number of carbonyl (C=O) groups is 1. The van der Waals surface area contributed by atoms with Gasteiger partial charge in [-0.1, -0.05) is 29.8 Å². The molecule has 0 fully saturated rings. The minimum atomic E-state index is -0.174. The summed E-state index contributed by atoms with van der Waals surface area (Å²) >= 11 is 6.14. The van der Waals surface area contributed by atoms with E-state index >= 15 is 0 Å². The molecule has 4 nitrogen and oxygen atoms in total. The predicted molar refractivity (Wildman–Crippen MR) is 98.6 cm³/mol. The predicted octanol–water partition coefficient (Wildman–Crippen LogP) is 5.44. The van der Waals surface area contributed by atoms with Gasteiger partial charge in [0.15, 0.2) is 5.76 Å². The number of allylic oxidation sites excluding steroid dienone is 1. The van der Waals surface area contributed by atoms with Crippen molar-refractivity contribution in [3.63, 3.8) is 0 Å². The Morgan fingerprint density at radius 2 is 1.96 bits per heavy atom. The van der Waals surface area contributed by atoms with E-state index in [1.165, 1.54) is 0 Å². The number of hydrogen-bond donors (Lipinski definition) is 0. The maximum absolute atomic E-state index is 12.4. The van der Waals surface area contributed by atoms with Gasteiger partial charge in [0.05, 0.1) is 5.56 Å². The molecule has 26 heavy (non-hydrogen) atoms. The molecule has 1 aliphatic rings. The van der Waals surface area contributed by atoms with Crippen molar-refractivity contribution in [1.29, 1.82) is 0 Å². The zero-order valence-corrected chi connectivity index (χ0v) is 14.7. The monoisotopic (exact) mass is 366 g/mol. The van der Waals surface area contributed by atoms with Crippen LogP contribution in [0.4, 0.5) is 0 Å². The zero-order chi connectivity index (χ0) is 18.1. The van der Waals surface area contributed by atoms with E-state index < -0.39 is 0 Å². The molecular formula is C21H15ClO4. The molecule has 3 aromatic rings. The standard InChI is InChI=1S/C21H15ClO4/c1-13-6-7-16(25-13)11-20-21(23)17-9-8-15(10-19(17)26-20)24-12-14-4-2-3-5-18(14)22/h2-11H,12H2,1H3/b20-11-. The Morgan fingerprint density at radius 3 is 2.73 bits per heavy atom. The molecule has 130 valence electrons. The van der Waals surface area contributed by atoms with Gasteiger partial charge >= 0.3 is 0 Å². The highest BCUT2D eigenvalue weighted by molar-refractivity contribution is 6.31. The second kappa shape index (κ2) is 6.73. The third kappa shape index (κ3) is 3.24. The van der Waals surface area contributed by atoms with Crippen LogP contribution in [0.15, 0.2) is 64.8 Å². The summed E-state index contributed by atoms with van der Waals surface area (Å²) in [4.78, 5) is 12.4. The molecule has 2 aromatic carbocycles. The average molecular weight is 367 g/mol. The van der Waals surface area contributed by atoms with Crippen molar-refractivity contribution in [3.8, 4) is 11.5 Å². The van der Waals surface area contributed by atoms with Crippen LogP contribution in [0.3, 0.4) is 0 Å². The van der Waals surface area contributed by atoms with E-state index in [-0.39, 0.29) is 11.5 Å². The summed E-state index contributed by atoms with van der Waals surface area (Å²) in [5.74, 6) is 2.49. The molecule has 2 heterocycles. The minimum Gasteiger partial charge on any atom is -0.489 e. The number of furan rings is 1. The van der Waals surface area contributed by atoms with Crippen molar-refractivity contribution in [1.82, 2.24) is 0 Å². The summed E-state index contributed by atoms with van der Waals surface area (Å²) in [5.41, 5.74) is 1.39. The van der Waals surface area contributed by atoms with Crippen molar-refractivity contribution in [2.24, 2.45) is 0 Å². The van der Waals surface area contributed by atoms with Gasteiger partial charge in [-0.05, 0) is 37.3 Å². The molecule has 0 saturated carbocycles. The summed E-state index contributed by atoms with van der Waals surface area (Å²) < 4.78 is 16.9. The fraction of sp³-hybridized carbons (Fsp3) is 0.0952. The number of Topliss-reactive ketones (excluding diaryl/α,β-unsaturated/α-hetero) is 1. The lowest BCUT2D eigenvalue weighted by Gasteiger charge is -2.08.